The van der Waals surface area contributed by atoms with Crippen molar-refractivity contribution in [1.29, 1.82) is 0 Å². The molecule has 0 radical (unpaired) electrons. The lowest BCUT2D eigenvalue weighted by Gasteiger charge is -2.24. The van der Waals surface area contributed by atoms with Crippen molar-refractivity contribution >= 4 is 5.82 Å². The van der Waals surface area contributed by atoms with Crippen molar-refractivity contribution in [3.63, 3.8) is 0 Å². The molecule has 4 nitrogen and oxygen atoms in total. The van der Waals surface area contributed by atoms with Gasteiger partial charge in [-0.3, -0.25) is 0 Å². The van der Waals surface area contributed by atoms with E-state index in [9.17, 15) is 13.2 Å². The molecule has 0 amide bonds. The molecule has 0 spiro atoms. The molecule has 17 heavy (non-hydrogen) atoms. The normalized spacial score (nSPS) is 11.6. The van der Waals surface area contributed by atoms with Crippen LogP contribution in [0.1, 0.15) is 11.5 Å². The average Bonchev–Trinajstić information content (AvgIpc) is 2.13. The first-order valence-electron chi connectivity index (χ1n) is 5.16. The summed E-state index contributed by atoms with van der Waals surface area (Å²) in [6.45, 7) is 2.55. The van der Waals surface area contributed by atoms with Gasteiger partial charge in [0.25, 0.3) is 0 Å². The highest BCUT2D eigenvalue weighted by Gasteiger charge is 2.31. The number of hydrogen-bond donors (Lipinski definition) is 1. The second-order valence-electron chi connectivity index (χ2n) is 3.74. The zero-order chi connectivity index (χ0) is 13.1. The summed E-state index contributed by atoms with van der Waals surface area (Å²) in [5.74, 6) is 0.710. The fourth-order valence-corrected chi connectivity index (χ4v) is 1.51. The minimum absolute atomic E-state index is 0.107. The molecule has 0 aliphatic rings. The van der Waals surface area contributed by atoms with E-state index in [1.54, 1.807) is 13.8 Å². The highest BCUT2D eigenvalue weighted by atomic mass is 19.4. The standard InChI is InChI=1S/C10H15F3N4/c1-7-5-9(16-8(2)15-7)17(4-3-14)6-10(11,12)13/h5H,3-4,6,14H2,1-2H3. The molecule has 0 fully saturated rings. The highest BCUT2D eigenvalue weighted by molar-refractivity contribution is 5.39. The van der Waals surface area contributed by atoms with Gasteiger partial charge in [0, 0.05) is 24.8 Å². The Hall–Kier alpha value is -1.37. The number of nitrogens with two attached hydrogens (primary N) is 1. The number of anilines is 1. The van der Waals surface area contributed by atoms with E-state index < -0.39 is 12.7 Å². The van der Waals surface area contributed by atoms with Crippen molar-refractivity contribution in [2.75, 3.05) is 24.5 Å². The van der Waals surface area contributed by atoms with Crippen LogP contribution < -0.4 is 10.6 Å². The number of alkyl halides is 3. The molecule has 0 aliphatic heterocycles. The number of aromatic nitrogens is 2. The van der Waals surface area contributed by atoms with E-state index >= 15 is 0 Å². The largest absolute Gasteiger partial charge is 0.405 e. The Labute approximate surface area is 97.7 Å². The third-order valence-corrected chi connectivity index (χ3v) is 2.05. The molecule has 0 atom stereocenters. The van der Waals surface area contributed by atoms with Gasteiger partial charge in [0.15, 0.2) is 0 Å². The molecule has 2 N–H and O–H groups in total. The third kappa shape index (κ3) is 4.56. The maximum atomic E-state index is 12.4. The zero-order valence-corrected chi connectivity index (χ0v) is 9.75. The Morgan fingerprint density at radius 1 is 1.29 bits per heavy atom. The van der Waals surface area contributed by atoms with Crippen LogP contribution in [0.2, 0.25) is 0 Å². The molecule has 0 saturated carbocycles. The number of hydrogen-bond acceptors (Lipinski definition) is 4. The fraction of sp³-hybridized carbons (Fsp3) is 0.600. The Morgan fingerprint density at radius 3 is 2.41 bits per heavy atom. The highest BCUT2D eigenvalue weighted by Crippen LogP contribution is 2.20. The lowest BCUT2D eigenvalue weighted by Crippen LogP contribution is -2.38. The molecule has 0 aliphatic carbocycles. The smallest absolute Gasteiger partial charge is 0.346 e. The minimum Gasteiger partial charge on any atom is -0.346 e. The second-order valence-corrected chi connectivity index (χ2v) is 3.74. The molecule has 0 saturated heterocycles. The van der Waals surface area contributed by atoms with Gasteiger partial charge in [0.1, 0.15) is 18.2 Å². The topological polar surface area (TPSA) is 55.0 Å². The third-order valence-electron chi connectivity index (χ3n) is 2.05. The Morgan fingerprint density at radius 2 is 1.94 bits per heavy atom. The lowest BCUT2D eigenvalue weighted by molar-refractivity contribution is -0.119. The first-order chi connectivity index (χ1) is 7.81. The summed E-state index contributed by atoms with van der Waals surface area (Å²) in [5.41, 5.74) is 5.95. The van der Waals surface area contributed by atoms with Crippen molar-refractivity contribution in [3.8, 4) is 0 Å². The molecule has 1 aromatic rings. The number of nitrogens with zero attached hydrogens (tertiary/aromatic N) is 3. The number of halogens is 3. The van der Waals surface area contributed by atoms with Crippen molar-refractivity contribution in [2.24, 2.45) is 5.73 Å². The Bertz CT molecular complexity index is 358. The van der Waals surface area contributed by atoms with Gasteiger partial charge in [-0.25, -0.2) is 9.97 Å². The summed E-state index contributed by atoms with van der Waals surface area (Å²) < 4.78 is 37.2. The summed E-state index contributed by atoms with van der Waals surface area (Å²) in [4.78, 5) is 9.13. The van der Waals surface area contributed by atoms with Gasteiger partial charge >= 0.3 is 6.18 Å². The molecular weight excluding hydrogens is 233 g/mol. The number of rotatable bonds is 4. The van der Waals surface area contributed by atoms with Crippen molar-refractivity contribution < 1.29 is 13.2 Å². The van der Waals surface area contributed by atoms with Gasteiger partial charge in [-0.05, 0) is 13.8 Å². The second kappa shape index (κ2) is 5.31. The van der Waals surface area contributed by atoms with Crippen LogP contribution in [-0.4, -0.2) is 35.8 Å². The summed E-state index contributed by atoms with van der Waals surface area (Å²) >= 11 is 0. The van der Waals surface area contributed by atoms with Crippen LogP contribution in [0.15, 0.2) is 6.07 Å². The predicted octanol–water partition coefficient (Wildman–Crippen LogP) is 1.42. The molecule has 1 heterocycles. The van der Waals surface area contributed by atoms with Crippen LogP contribution in [0.3, 0.4) is 0 Å². The van der Waals surface area contributed by atoms with Crippen LogP contribution in [0, 0.1) is 13.8 Å². The zero-order valence-electron chi connectivity index (χ0n) is 9.75. The monoisotopic (exact) mass is 248 g/mol. The fourth-order valence-electron chi connectivity index (χ4n) is 1.51. The lowest BCUT2D eigenvalue weighted by atomic mass is 10.3. The van der Waals surface area contributed by atoms with Gasteiger partial charge in [-0.2, -0.15) is 13.2 Å². The van der Waals surface area contributed by atoms with E-state index in [1.807, 2.05) is 0 Å². The van der Waals surface area contributed by atoms with Gasteiger partial charge in [-0.15, -0.1) is 0 Å². The molecular formula is C10H15F3N4. The van der Waals surface area contributed by atoms with Crippen molar-refractivity contribution in [3.05, 3.63) is 17.6 Å². The van der Waals surface area contributed by atoms with Crippen LogP contribution in [0.25, 0.3) is 0 Å². The number of aryl methyl sites for hydroxylation is 2. The Kier molecular flexibility index (Phi) is 4.28. The molecule has 0 aromatic carbocycles. The van der Waals surface area contributed by atoms with Crippen LogP contribution in [0.5, 0.6) is 0 Å². The van der Waals surface area contributed by atoms with E-state index in [0.717, 1.165) is 4.90 Å². The predicted molar refractivity (Wildman–Crippen MR) is 58.8 cm³/mol. The van der Waals surface area contributed by atoms with Crippen molar-refractivity contribution in [2.45, 2.75) is 20.0 Å². The molecule has 7 heteroatoms. The van der Waals surface area contributed by atoms with Gasteiger partial charge in [0.2, 0.25) is 0 Å². The summed E-state index contributed by atoms with van der Waals surface area (Å²) in [6, 6.07) is 1.52. The summed E-state index contributed by atoms with van der Waals surface area (Å²) in [5, 5.41) is 0. The molecule has 0 unspecified atom stereocenters. The van der Waals surface area contributed by atoms with Gasteiger partial charge in [0.05, 0.1) is 0 Å². The molecule has 96 valence electrons. The van der Waals surface area contributed by atoms with E-state index in [2.05, 4.69) is 9.97 Å². The Balaban J connectivity index is 2.96. The van der Waals surface area contributed by atoms with Crippen molar-refractivity contribution in [1.82, 2.24) is 9.97 Å². The maximum absolute atomic E-state index is 12.4. The maximum Gasteiger partial charge on any atom is 0.405 e. The molecule has 1 aromatic heterocycles. The van der Waals surface area contributed by atoms with E-state index in [0.29, 0.717) is 11.5 Å². The SMILES string of the molecule is Cc1cc(N(CCN)CC(F)(F)F)nc(C)n1. The van der Waals surface area contributed by atoms with Gasteiger partial charge in [-0.1, -0.05) is 0 Å². The van der Waals surface area contributed by atoms with E-state index in [1.165, 1.54) is 6.07 Å². The first-order valence-corrected chi connectivity index (χ1v) is 5.16. The van der Waals surface area contributed by atoms with Crippen LogP contribution in [-0.2, 0) is 0 Å². The summed E-state index contributed by atoms with van der Waals surface area (Å²) in [6.07, 6.45) is -4.28. The van der Waals surface area contributed by atoms with Gasteiger partial charge < -0.3 is 10.6 Å². The average molecular weight is 248 g/mol. The summed E-state index contributed by atoms with van der Waals surface area (Å²) in [7, 11) is 0. The molecule has 0 bridgehead atoms. The minimum atomic E-state index is -4.28. The van der Waals surface area contributed by atoms with Crippen LogP contribution >= 0.6 is 0 Å². The van der Waals surface area contributed by atoms with E-state index in [-0.39, 0.29) is 18.9 Å². The molecule has 1 rings (SSSR count). The first kappa shape index (κ1) is 13.7. The van der Waals surface area contributed by atoms with E-state index in [4.69, 9.17) is 5.73 Å². The van der Waals surface area contributed by atoms with Crippen LogP contribution in [0.4, 0.5) is 19.0 Å². The quantitative estimate of drug-likeness (QED) is 0.875.